The maximum absolute atomic E-state index is 12.9. The number of aryl methyl sites for hydroxylation is 1. The van der Waals surface area contributed by atoms with Gasteiger partial charge in [-0.25, -0.2) is 4.39 Å². The van der Waals surface area contributed by atoms with E-state index < -0.39 is 0 Å². The minimum Gasteiger partial charge on any atom is -0.350 e. The summed E-state index contributed by atoms with van der Waals surface area (Å²) >= 11 is 0. The maximum Gasteiger partial charge on any atom is 0.271 e. The highest BCUT2D eigenvalue weighted by Crippen LogP contribution is 2.25. The Morgan fingerprint density at radius 1 is 1.19 bits per heavy atom. The van der Waals surface area contributed by atoms with Crippen LogP contribution in [-0.2, 0) is 18.3 Å². The number of anilines is 1. The standard InChI is InChI=1S/C20H25FN4O2/c1-25-18(23-19(26)15-5-3-2-4-6-15)13-17(24-25)20(27)22-12-11-14-7-9-16(21)10-8-14/h7-10,13,15H,2-6,11-12H2,1H3,(H,22,27)(H,23,26). The number of hydrogen-bond acceptors (Lipinski definition) is 3. The van der Waals surface area contributed by atoms with E-state index in [0.717, 1.165) is 31.2 Å². The first kappa shape index (κ1) is 19.1. The minimum atomic E-state index is -0.300. The molecule has 2 amide bonds. The summed E-state index contributed by atoms with van der Waals surface area (Å²) in [5, 5.41) is 9.87. The molecule has 1 aromatic carbocycles. The molecule has 0 saturated heterocycles. The molecule has 1 heterocycles. The van der Waals surface area contributed by atoms with Crippen molar-refractivity contribution in [3.05, 3.63) is 47.4 Å². The van der Waals surface area contributed by atoms with E-state index in [-0.39, 0.29) is 29.2 Å². The molecule has 1 fully saturated rings. The Balaban J connectivity index is 1.52. The average Bonchev–Trinajstić information content (AvgIpc) is 3.04. The van der Waals surface area contributed by atoms with E-state index in [4.69, 9.17) is 0 Å². The molecule has 0 atom stereocenters. The zero-order valence-corrected chi connectivity index (χ0v) is 15.5. The van der Waals surface area contributed by atoms with Crippen molar-refractivity contribution < 1.29 is 14.0 Å². The first-order valence-electron chi connectivity index (χ1n) is 9.40. The Bertz CT molecular complexity index is 795. The van der Waals surface area contributed by atoms with Gasteiger partial charge in [-0.2, -0.15) is 5.10 Å². The number of nitrogens with zero attached hydrogens (tertiary/aromatic N) is 2. The van der Waals surface area contributed by atoms with Gasteiger partial charge in [-0.3, -0.25) is 14.3 Å². The number of hydrogen-bond donors (Lipinski definition) is 2. The minimum absolute atomic E-state index is 0.000896. The summed E-state index contributed by atoms with van der Waals surface area (Å²) in [6, 6.07) is 7.78. The number of halogens is 1. The zero-order chi connectivity index (χ0) is 19.2. The highest BCUT2D eigenvalue weighted by atomic mass is 19.1. The number of rotatable bonds is 6. The summed E-state index contributed by atoms with van der Waals surface area (Å²) in [5.41, 5.74) is 1.20. The molecule has 0 unspecified atom stereocenters. The number of benzene rings is 1. The van der Waals surface area contributed by atoms with Gasteiger partial charge in [0.1, 0.15) is 11.6 Å². The molecule has 7 heteroatoms. The summed E-state index contributed by atoms with van der Waals surface area (Å²) in [6.45, 7) is 0.421. The van der Waals surface area contributed by atoms with Crippen LogP contribution in [0.1, 0.15) is 48.2 Å². The van der Waals surface area contributed by atoms with E-state index in [2.05, 4.69) is 15.7 Å². The molecular formula is C20H25FN4O2. The molecule has 1 saturated carbocycles. The van der Waals surface area contributed by atoms with Crippen LogP contribution in [0.4, 0.5) is 10.2 Å². The summed E-state index contributed by atoms with van der Waals surface area (Å²) < 4.78 is 14.4. The van der Waals surface area contributed by atoms with Gasteiger partial charge in [-0.15, -0.1) is 0 Å². The fraction of sp³-hybridized carbons (Fsp3) is 0.450. The summed E-state index contributed by atoms with van der Waals surface area (Å²) in [4.78, 5) is 24.7. The molecule has 0 spiro atoms. The highest BCUT2D eigenvalue weighted by Gasteiger charge is 2.22. The normalized spacial score (nSPS) is 14.7. The largest absolute Gasteiger partial charge is 0.350 e. The van der Waals surface area contributed by atoms with Crippen LogP contribution in [0.5, 0.6) is 0 Å². The molecular weight excluding hydrogens is 347 g/mol. The number of carbonyl (C=O) groups is 2. The molecule has 0 bridgehead atoms. The van der Waals surface area contributed by atoms with Crippen LogP contribution in [0.25, 0.3) is 0 Å². The van der Waals surface area contributed by atoms with Crippen molar-refractivity contribution in [2.24, 2.45) is 13.0 Å². The Morgan fingerprint density at radius 2 is 1.89 bits per heavy atom. The van der Waals surface area contributed by atoms with Crippen molar-refractivity contribution in [1.29, 1.82) is 0 Å². The van der Waals surface area contributed by atoms with Crippen LogP contribution in [0, 0.1) is 11.7 Å². The van der Waals surface area contributed by atoms with Gasteiger partial charge in [0, 0.05) is 25.6 Å². The highest BCUT2D eigenvalue weighted by molar-refractivity contribution is 5.96. The second-order valence-electron chi connectivity index (χ2n) is 6.99. The van der Waals surface area contributed by atoms with Crippen LogP contribution >= 0.6 is 0 Å². The van der Waals surface area contributed by atoms with Crippen LogP contribution in [0.15, 0.2) is 30.3 Å². The molecule has 1 aliphatic rings. The molecule has 2 N–H and O–H groups in total. The van der Waals surface area contributed by atoms with E-state index in [1.54, 1.807) is 25.2 Å². The van der Waals surface area contributed by atoms with Crippen LogP contribution in [-0.4, -0.2) is 28.1 Å². The third-order valence-corrected chi connectivity index (χ3v) is 4.95. The lowest BCUT2D eigenvalue weighted by Crippen LogP contribution is -2.26. The first-order valence-corrected chi connectivity index (χ1v) is 9.40. The number of amides is 2. The Hall–Kier alpha value is -2.70. The predicted molar refractivity (Wildman–Crippen MR) is 101 cm³/mol. The monoisotopic (exact) mass is 372 g/mol. The number of aromatic nitrogens is 2. The fourth-order valence-corrected chi connectivity index (χ4v) is 3.35. The Morgan fingerprint density at radius 3 is 2.59 bits per heavy atom. The summed E-state index contributed by atoms with van der Waals surface area (Å²) in [5.74, 6) is -0.0122. The van der Waals surface area contributed by atoms with Crippen molar-refractivity contribution in [3.63, 3.8) is 0 Å². The van der Waals surface area contributed by atoms with Gasteiger partial charge >= 0.3 is 0 Å². The van der Waals surface area contributed by atoms with Crippen LogP contribution in [0.3, 0.4) is 0 Å². The summed E-state index contributed by atoms with van der Waals surface area (Å²) in [7, 11) is 1.70. The predicted octanol–water partition coefficient (Wildman–Crippen LogP) is 3.05. The zero-order valence-electron chi connectivity index (χ0n) is 15.5. The van der Waals surface area contributed by atoms with Crippen molar-refractivity contribution in [2.75, 3.05) is 11.9 Å². The van der Waals surface area contributed by atoms with Gasteiger partial charge in [0.25, 0.3) is 5.91 Å². The Labute approximate surface area is 158 Å². The molecule has 3 rings (SSSR count). The first-order chi connectivity index (χ1) is 13.0. The SMILES string of the molecule is Cn1nc(C(=O)NCCc2ccc(F)cc2)cc1NC(=O)C1CCCCC1. The van der Waals surface area contributed by atoms with Crippen molar-refractivity contribution in [2.45, 2.75) is 38.5 Å². The van der Waals surface area contributed by atoms with Crippen LogP contribution < -0.4 is 10.6 Å². The summed E-state index contributed by atoms with van der Waals surface area (Å²) in [6.07, 6.45) is 5.80. The molecule has 144 valence electrons. The van der Waals surface area contributed by atoms with Gasteiger partial charge in [0.2, 0.25) is 5.91 Å². The molecule has 0 aliphatic heterocycles. The van der Waals surface area contributed by atoms with Gasteiger partial charge < -0.3 is 10.6 Å². The van der Waals surface area contributed by atoms with Gasteiger partial charge in [-0.1, -0.05) is 31.4 Å². The molecule has 1 aromatic heterocycles. The smallest absolute Gasteiger partial charge is 0.271 e. The topological polar surface area (TPSA) is 76.0 Å². The quantitative estimate of drug-likeness (QED) is 0.818. The second kappa shape index (κ2) is 8.79. The fourth-order valence-electron chi connectivity index (χ4n) is 3.35. The van der Waals surface area contributed by atoms with Gasteiger partial charge in [-0.05, 0) is 37.0 Å². The van der Waals surface area contributed by atoms with E-state index in [1.165, 1.54) is 23.2 Å². The molecule has 2 aromatic rings. The average molecular weight is 372 g/mol. The maximum atomic E-state index is 12.9. The number of nitrogens with one attached hydrogen (secondary N) is 2. The van der Waals surface area contributed by atoms with Gasteiger partial charge in [0.05, 0.1) is 0 Å². The van der Waals surface area contributed by atoms with E-state index in [0.29, 0.717) is 18.8 Å². The van der Waals surface area contributed by atoms with E-state index in [9.17, 15) is 14.0 Å². The lowest BCUT2D eigenvalue weighted by atomic mass is 9.89. The van der Waals surface area contributed by atoms with Crippen molar-refractivity contribution in [1.82, 2.24) is 15.1 Å². The van der Waals surface area contributed by atoms with Gasteiger partial charge in [0.15, 0.2) is 5.69 Å². The van der Waals surface area contributed by atoms with Crippen LogP contribution in [0.2, 0.25) is 0 Å². The van der Waals surface area contributed by atoms with Crippen molar-refractivity contribution in [3.8, 4) is 0 Å². The molecule has 0 radical (unpaired) electrons. The lowest BCUT2D eigenvalue weighted by Gasteiger charge is -2.20. The Kier molecular flexibility index (Phi) is 6.21. The lowest BCUT2D eigenvalue weighted by molar-refractivity contribution is -0.120. The third kappa shape index (κ3) is 5.15. The second-order valence-corrected chi connectivity index (χ2v) is 6.99. The number of carbonyl (C=O) groups excluding carboxylic acids is 2. The molecule has 1 aliphatic carbocycles. The third-order valence-electron chi connectivity index (χ3n) is 4.95. The molecule has 6 nitrogen and oxygen atoms in total. The van der Waals surface area contributed by atoms with E-state index in [1.807, 2.05) is 0 Å². The molecule has 27 heavy (non-hydrogen) atoms. The van der Waals surface area contributed by atoms with Crippen molar-refractivity contribution >= 4 is 17.6 Å². The van der Waals surface area contributed by atoms with E-state index >= 15 is 0 Å².